The number of carbonyl (C=O) groups is 1. The van der Waals surface area contributed by atoms with E-state index < -0.39 is 23.6 Å². The number of ether oxygens (including phenoxy) is 4. The van der Waals surface area contributed by atoms with Crippen LogP contribution in [0.3, 0.4) is 0 Å². The Morgan fingerprint density at radius 1 is 1.14 bits per heavy atom. The average molecular weight is 309 g/mol. The van der Waals surface area contributed by atoms with Crippen LogP contribution in [0, 0.1) is 0 Å². The number of hydrogen-bond donors (Lipinski definition) is 1. The van der Waals surface area contributed by atoms with Crippen LogP contribution < -0.4 is 5.32 Å². The van der Waals surface area contributed by atoms with Gasteiger partial charge in [-0.15, -0.1) is 0 Å². The van der Waals surface area contributed by atoms with Gasteiger partial charge in [0.25, 0.3) is 5.79 Å². The molecule has 0 spiro atoms. The number of nitrogens with one attached hydrogen (secondary N) is 1. The van der Waals surface area contributed by atoms with Gasteiger partial charge in [0.1, 0.15) is 0 Å². The zero-order valence-electron chi connectivity index (χ0n) is 13.6. The second-order valence-corrected chi connectivity index (χ2v) is 5.44. The van der Waals surface area contributed by atoms with Crippen LogP contribution in [0.15, 0.2) is 30.3 Å². The molecule has 2 rings (SSSR count). The average Bonchev–Trinajstić information content (AvgIpc) is 2.54. The molecule has 122 valence electrons. The first-order valence-corrected chi connectivity index (χ1v) is 7.14. The molecule has 0 aliphatic carbocycles. The van der Waals surface area contributed by atoms with Crippen LogP contribution >= 0.6 is 0 Å². The minimum atomic E-state index is -1.32. The molecule has 0 saturated carbocycles. The predicted octanol–water partition coefficient (Wildman–Crippen LogP) is 1.61. The maximum atomic E-state index is 12.4. The van der Waals surface area contributed by atoms with Crippen LogP contribution in [0.1, 0.15) is 25.5 Å². The quantitative estimate of drug-likeness (QED) is 0.834. The number of rotatable bonds is 5. The van der Waals surface area contributed by atoms with Gasteiger partial charge in [-0.25, -0.2) is 4.79 Å². The maximum Gasteiger partial charge on any atom is 0.340 e. The number of carbonyl (C=O) groups excluding carboxylic acids is 1. The van der Waals surface area contributed by atoms with E-state index in [1.165, 1.54) is 14.2 Å². The summed E-state index contributed by atoms with van der Waals surface area (Å²) in [6.07, 6.45) is -0.847. The zero-order chi connectivity index (χ0) is 16.4. The highest BCUT2D eigenvalue weighted by molar-refractivity contribution is 5.77. The second kappa shape index (κ2) is 6.34. The van der Waals surface area contributed by atoms with Crippen molar-refractivity contribution in [3.05, 3.63) is 35.9 Å². The lowest BCUT2D eigenvalue weighted by molar-refractivity contribution is -0.407. The molecule has 0 unspecified atom stereocenters. The molecule has 0 amide bonds. The van der Waals surface area contributed by atoms with Crippen molar-refractivity contribution in [2.24, 2.45) is 0 Å². The van der Waals surface area contributed by atoms with Crippen LogP contribution in [0.2, 0.25) is 0 Å². The van der Waals surface area contributed by atoms with Gasteiger partial charge in [0.2, 0.25) is 5.79 Å². The number of esters is 1. The minimum absolute atomic E-state index is 0.357. The van der Waals surface area contributed by atoms with Crippen molar-refractivity contribution in [1.82, 2.24) is 5.32 Å². The summed E-state index contributed by atoms with van der Waals surface area (Å²) in [5, 5.41) is 3.10. The molecular formula is C16H23NO5. The highest BCUT2D eigenvalue weighted by atomic mass is 16.8. The lowest BCUT2D eigenvalue weighted by Crippen LogP contribution is -2.65. The van der Waals surface area contributed by atoms with E-state index >= 15 is 0 Å². The second-order valence-electron chi connectivity index (χ2n) is 5.44. The van der Waals surface area contributed by atoms with Crippen molar-refractivity contribution in [2.75, 3.05) is 21.3 Å². The molecule has 4 atom stereocenters. The van der Waals surface area contributed by atoms with Crippen molar-refractivity contribution in [2.45, 2.75) is 37.6 Å². The Kier molecular flexibility index (Phi) is 4.87. The molecule has 0 bridgehead atoms. The molecule has 0 radical (unpaired) electrons. The highest BCUT2D eigenvalue weighted by Crippen LogP contribution is 2.39. The topological polar surface area (TPSA) is 66.0 Å². The number of likely N-dealkylation sites (N-methyl/N-ethyl adjacent to an activating group) is 1. The maximum absolute atomic E-state index is 12.4. The molecule has 1 aliphatic heterocycles. The molecule has 1 aromatic rings. The Bertz CT molecular complexity index is 523. The Morgan fingerprint density at radius 3 is 2.23 bits per heavy atom. The van der Waals surface area contributed by atoms with E-state index in [4.69, 9.17) is 18.9 Å². The summed E-state index contributed by atoms with van der Waals surface area (Å²) in [6, 6.07) is 9.21. The minimum Gasteiger partial charge on any atom is -0.425 e. The van der Waals surface area contributed by atoms with E-state index in [1.807, 2.05) is 30.3 Å². The number of benzene rings is 1. The summed E-state index contributed by atoms with van der Waals surface area (Å²) in [5.41, 5.74) is 0.923. The SMILES string of the molecule is CN[C@@H](c1ccccc1)[C@H]1O[C@](C)(OC)[C@@](C)(OC)OC1=O. The van der Waals surface area contributed by atoms with E-state index in [1.54, 1.807) is 20.9 Å². The van der Waals surface area contributed by atoms with Crippen molar-refractivity contribution < 1.29 is 23.7 Å². The third kappa shape index (κ3) is 2.75. The van der Waals surface area contributed by atoms with E-state index in [9.17, 15) is 4.79 Å². The Morgan fingerprint density at radius 2 is 1.73 bits per heavy atom. The summed E-state index contributed by atoms with van der Waals surface area (Å²) in [6.45, 7) is 3.30. The van der Waals surface area contributed by atoms with Crippen molar-refractivity contribution in [3.63, 3.8) is 0 Å². The predicted molar refractivity (Wildman–Crippen MR) is 80.0 cm³/mol. The van der Waals surface area contributed by atoms with E-state index in [0.717, 1.165) is 5.56 Å². The summed E-state index contributed by atoms with van der Waals surface area (Å²) in [4.78, 5) is 12.4. The van der Waals surface area contributed by atoms with Gasteiger partial charge in [-0.2, -0.15) is 0 Å². The molecule has 22 heavy (non-hydrogen) atoms. The first kappa shape index (κ1) is 16.9. The van der Waals surface area contributed by atoms with E-state index in [2.05, 4.69) is 5.32 Å². The third-order valence-electron chi connectivity index (χ3n) is 4.26. The van der Waals surface area contributed by atoms with Gasteiger partial charge in [-0.05, 0) is 19.5 Å². The zero-order valence-corrected chi connectivity index (χ0v) is 13.6. The van der Waals surface area contributed by atoms with Gasteiger partial charge in [0.05, 0.1) is 6.04 Å². The molecule has 1 aromatic carbocycles. The van der Waals surface area contributed by atoms with Gasteiger partial charge in [-0.3, -0.25) is 0 Å². The summed E-state index contributed by atoms with van der Waals surface area (Å²) in [7, 11) is 4.70. The third-order valence-corrected chi connectivity index (χ3v) is 4.26. The number of methoxy groups -OCH3 is 2. The number of cyclic esters (lactones) is 1. The van der Waals surface area contributed by atoms with E-state index in [0.29, 0.717) is 0 Å². The molecular weight excluding hydrogens is 286 g/mol. The van der Waals surface area contributed by atoms with E-state index in [-0.39, 0.29) is 6.04 Å². The van der Waals surface area contributed by atoms with Crippen LogP contribution in [0.5, 0.6) is 0 Å². The monoisotopic (exact) mass is 309 g/mol. The van der Waals surface area contributed by atoms with Gasteiger partial charge in [-0.1, -0.05) is 30.3 Å². The fourth-order valence-electron chi connectivity index (χ4n) is 2.56. The van der Waals surface area contributed by atoms with Crippen molar-refractivity contribution in [3.8, 4) is 0 Å². The van der Waals surface area contributed by atoms with Crippen LogP contribution in [-0.4, -0.2) is 44.9 Å². The smallest absolute Gasteiger partial charge is 0.340 e. The van der Waals surface area contributed by atoms with Crippen molar-refractivity contribution >= 4 is 5.97 Å². The lowest BCUT2D eigenvalue weighted by Gasteiger charge is -2.49. The standard InChI is InChI=1S/C16H23NO5/c1-15(19-4)16(2,20-5)22-14(18)13(21-15)12(17-3)11-9-7-6-8-10-11/h6-10,12-13,17H,1-5H3/t12-,13+,15-,16-/m0/s1. The molecule has 6 heteroatoms. The Hall–Kier alpha value is -1.47. The highest BCUT2D eigenvalue weighted by Gasteiger charge is 2.58. The van der Waals surface area contributed by atoms with Gasteiger partial charge in [0, 0.05) is 21.1 Å². The summed E-state index contributed by atoms with van der Waals surface area (Å²) in [5.74, 6) is -3.03. The molecule has 1 saturated heterocycles. The first-order valence-electron chi connectivity index (χ1n) is 7.14. The number of hydrogen-bond acceptors (Lipinski definition) is 6. The molecule has 1 heterocycles. The van der Waals surface area contributed by atoms with Gasteiger partial charge < -0.3 is 24.3 Å². The molecule has 0 aromatic heterocycles. The fourth-order valence-corrected chi connectivity index (χ4v) is 2.56. The van der Waals surface area contributed by atoms with Crippen LogP contribution in [0.25, 0.3) is 0 Å². The van der Waals surface area contributed by atoms with Gasteiger partial charge in [0.15, 0.2) is 6.10 Å². The normalized spacial score (nSPS) is 33.3. The Labute approximate surface area is 130 Å². The van der Waals surface area contributed by atoms with Gasteiger partial charge >= 0.3 is 5.97 Å². The van der Waals surface area contributed by atoms with Crippen LogP contribution in [-0.2, 0) is 23.7 Å². The summed E-state index contributed by atoms with van der Waals surface area (Å²) >= 11 is 0. The molecule has 6 nitrogen and oxygen atoms in total. The first-order chi connectivity index (χ1) is 10.4. The summed E-state index contributed by atoms with van der Waals surface area (Å²) < 4.78 is 22.2. The lowest BCUT2D eigenvalue weighted by atomic mass is 9.98. The fraction of sp³-hybridized carbons (Fsp3) is 0.562. The molecule has 1 fully saturated rings. The molecule has 1 aliphatic rings. The van der Waals surface area contributed by atoms with Crippen molar-refractivity contribution in [1.29, 1.82) is 0 Å². The largest absolute Gasteiger partial charge is 0.425 e. The molecule has 1 N–H and O–H groups in total. The van der Waals surface area contributed by atoms with Crippen LogP contribution in [0.4, 0.5) is 0 Å². The Balaban J connectivity index is 2.34.